The molecule has 0 aliphatic heterocycles. The van der Waals surface area contributed by atoms with E-state index in [9.17, 15) is 23.2 Å². The fourth-order valence-corrected chi connectivity index (χ4v) is 3.39. The summed E-state index contributed by atoms with van der Waals surface area (Å²) in [7, 11) is 0. The van der Waals surface area contributed by atoms with Crippen molar-refractivity contribution in [3.8, 4) is 11.5 Å². The van der Waals surface area contributed by atoms with E-state index in [0.29, 0.717) is 5.56 Å². The van der Waals surface area contributed by atoms with Gasteiger partial charge in [-0.3, -0.25) is 19.1 Å². The molecule has 0 fully saturated rings. The Hall–Kier alpha value is -3.63. The van der Waals surface area contributed by atoms with E-state index in [-0.39, 0.29) is 54.5 Å². The van der Waals surface area contributed by atoms with Crippen molar-refractivity contribution in [1.29, 1.82) is 0 Å². The van der Waals surface area contributed by atoms with E-state index in [4.69, 9.17) is 10.5 Å². The van der Waals surface area contributed by atoms with Crippen molar-refractivity contribution >= 4 is 23.5 Å². The Kier molecular flexibility index (Phi) is 9.61. The number of halogens is 2. The summed E-state index contributed by atoms with van der Waals surface area (Å²) in [6.07, 6.45) is 2.69. The molecule has 2 aromatic rings. The molecular formula is C24H32F2N4O5. The van der Waals surface area contributed by atoms with Gasteiger partial charge in [0.05, 0.1) is 6.61 Å². The number of ether oxygens (including phenoxy) is 2. The van der Waals surface area contributed by atoms with Crippen molar-refractivity contribution in [2.45, 2.75) is 47.8 Å². The number of aromatic nitrogens is 2. The van der Waals surface area contributed by atoms with Crippen LogP contribution in [0, 0.1) is 11.8 Å². The minimum Gasteiger partial charge on any atom is -0.490 e. The van der Waals surface area contributed by atoms with Crippen LogP contribution in [-0.2, 0) is 11.3 Å². The fraction of sp³-hybridized carbons (Fsp3) is 0.458. The molecule has 1 heterocycles. The van der Waals surface area contributed by atoms with Crippen LogP contribution in [0.2, 0.25) is 0 Å². The lowest BCUT2D eigenvalue weighted by Gasteiger charge is -2.25. The summed E-state index contributed by atoms with van der Waals surface area (Å²) in [6, 6.07) is 4.26. The average molecular weight is 495 g/mol. The van der Waals surface area contributed by atoms with E-state index < -0.39 is 23.8 Å². The van der Waals surface area contributed by atoms with Crippen LogP contribution in [0.1, 0.15) is 40.2 Å². The molecule has 0 saturated heterocycles. The smallest absolute Gasteiger partial charge is 0.387 e. The van der Waals surface area contributed by atoms with Crippen LogP contribution >= 0.6 is 0 Å². The van der Waals surface area contributed by atoms with Gasteiger partial charge in [-0.25, -0.2) is 4.79 Å². The molecule has 0 saturated carbocycles. The minimum atomic E-state index is -3.01. The van der Waals surface area contributed by atoms with Gasteiger partial charge in [0.1, 0.15) is 5.82 Å². The molecule has 1 aromatic heterocycles. The van der Waals surface area contributed by atoms with Gasteiger partial charge in [0, 0.05) is 19.2 Å². The molecule has 11 heteroatoms. The SMILES string of the molecule is CCOc1cc(/C=C/C(=O)N(CC(C)C)c2c(N)n(CC(C)C)c(=O)[nH]c2=O)ccc1OC(F)F. The molecule has 0 unspecified atom stereocenters. The van der Waals surface area contributed by atoms with E-state index in [2.05, 4.69) is 9.72 Å². The number of anilines is 2. The number of hydrogen-bond donors (Lipinski definition) is 2. The molecule has 0 bridgehead atoms. The standard InChI is InChI=1S/C24H32F2N4O5/c1-6-34-18-11-16(7-9-17(18)35-23(25)26)8-10-19(31)29(12-14(2)3)20-21(27)30(13-15(4)5)24(33)28-22(20)32/h7-11,14-15,23H,6,12-13,27H2,1-5H3,(H,28,32,33)/b10-8+. The Morgan fingerprint density at radius 3 is 2.43 bits per heavy atom. The highest BCUT2D eigenvalue weighted by Crippen LogP contribution is 2.30. The summed E-state index contributed by atoms with van der Waals surface area (Å²) < 4.78 is 36.3. The largest absolute Gasteiger partial charge is 0.490 e. The topological polar surface area (TPSA) is 120 Å². The first kappa shape index (κ1) is 27.6. The summed E-state index contributed by atoms with van der Waals surface area (Å²) in [6.45, 7) is 6.87. The number of aromatic amines is 1. The Morgan fingerprint density at radius 2 is 1.86 bits per heavy atom. The Bertz CT molecular complexity index is 1170. The van der Waals surface area contributed by atoms with Crippen LogP contribution < -0.4 is 31.4 Å². The lowest BCUT2D eigenvalue weighted by atomic mass is 10.1. The molecule has 0 spiro atoms. The number of carbonyl (C=O) groups is 1. The van der Waals surface area contributed by atoms with Gasteiger partial charge in [-0.15, -0.1) is 0 Å². The van der Waals surface area contributed by atoms with Crippen molar-refractivity contribution in [1.82, 2.24) is 9.55 Å². The summed E-state index contributed by atoms with van der Waals surface area (Å²) in [5, 5.41) is 0. The van der Waals surface area contributed by atoms with Crippen molar-refractivity contribution in [2.24, 2.45) is 11.8 Å². The predicted molar refractivity (Wildman–Crippen MR) is 131 cm³/mol. The van der Waals surface area contributed by atoms with Crippen LogP contribution in [0.5, 0.6) is 11.5 Å². The highest BCUT2D eigenvalue weighted by atomic mass is 19.3. The number of nitrogens with zero attached hydrogens (tertiary/aromatic N) is 2. The van der Waals surface area contributed by atoms with Gasteiger partial charge in [-0.2, -0.15) is 8.78 Å². The van der Waals surface area contributed by atoms with Crippen LogP contribution in [0.25, 0.3) is 6.08 Å². The Morgan fingerprint density at radius 1 is 1.17 bits per heavy atom. The summed E-state index contributed by atoms with van der Waals surface area (Å²) in [5.74, 6) is -0.619. The summed E-state index contributed by atoms with van der Waals surface area (Å²) in [5.41, 5.74) is 5.17. The second-order valence-electron chi connectivity index (χ2n) is 8.69. The summed E-state index contributed by atoms with van der Waals surface area (Å²) in [4.78, 5) is 41.6. The molecule has 35 heavy (non-hydrogen) atoms. The van der Waals surface area contributed by atoms with E-state index in [0.717, 1.165) is 0 Å². The number of H-pyrrole nitrogens is 1. The molecular weight excluding hydrogens is 462 g/mol. The lowest BCUT2D eigenvalue weighted by Crippen LogP contribution is -2.42. The molecule has 1 aromatic carbocycles. The van der Waals surface area contributed by atoms with E-state index in [1.807, 2.05) is 27.7 Å². The van der Waals surface area contributed by atoms with Gasteiger partial charge in [-0.05, 0) is 42.5 Å². The third-order valence-electron chi connectivity index (χ3n) is 4.75. The normalized spacial score (nSPS) is 11.6. The zero-order chi connectivity index (χ0) is 26.3. The molecule has 1 amide bonds. The van der Waals surface area contributed by atoms with Crippen LogP contribution in [0.4, 0.5) is 20.3 Å². The van der Waals surface area contributed by atoms with E-state index in [1.54, 1.807) is 6.92 Å². The number of nitrogens with one attached hydrogen (secondary N) is 1. The number of alkyl halides is 2. The third kappa shape index (κ3) is 7.43. The molecule has 0 atom stereocenters. The number of nitrogens with two attached hydrogens (primary N) is 1. The monoisotopic (exact) mass is 494 g/mol. The van der Waals surface area contributed by atoms with Gasteiger partial charge < -0.3 is 20.1 Å². The Balaban J connectivity index is 2.46. The van der Waals surface area contributed by atoms with Crippen LogP contribution in [0.15, 0.2) is 33.9 Å². The van der Waals surface area contributed by atoms with Crippen LogP contribution in [0.3, 0.4) is 0 Å². The molecule has 0 radical (unpaired) electrons. The van der Waals surface area contributed by atoms with Gasteiger partial charge in [0.25, 0.3) is 11.5 Å². The number of carbonyl (C=O) groups excluding carboxylic acids is 1. The molecule has 3 N–H and O–H groups in total. The molecule has 0 aliphatic carbocycles. The second kappa shape index (κ2) is 12.2. The van der Waals surface area contributed by atoms with Gasteiger partial charge >= 0.3 is 12.3 Å². The molecule has 192 valence electrons. The zero-order valence-corrected chi connectivity index (χ0v) is 20.5. The maximum Gasteiger partial charge on any atom is 0.387 e. The molecule has 2 rings (SSSR count). The number of amides is 1. The van der Waals surface area contributed by atoms with Crippen molar-refractivity contribution in [3.63, 3.8) is 0 Å². The number of nitrogen functional groups attached to an aromatic ring is 1. The number of rotatable bonds is 11. The molecule has 0 aliphatic rings. The number of benzene rings is 1. The van der Waals surface area contributed by atoms with E-state index in [1.165, 1.54) is 39.8 Å². The van der Waals surface area contributed by atoms with Crippen molar-refractivity contribution in [3.05, 3.63) is 50.7 Å². The first-order valence-electron chi connectivity index (χ1n) is 11.3. The first-order valence-corrected chi connectivity index (χ1v) is 11.3. The maximum atomic E-state index is 13.2. The predicted octanol–water partition coefficient (Wildman–Crippen LogP) is 3.48. The number of hydrogen-bond acceptors (Lipinski definition) is 6. The van der Waals surface area contributed by atoms with Crippen molar-refractivity contribution < 1.29 is 23.0 Å². The zero-order valence-electron chi connectivity index (χ0n) is 20.5. The van der Waals surface area contributed by atoms with Crippen molar-refractivity contribution in [2.75, 3.05) is 23.8 Å². The fourth-order valence-electron chi connectivity index (χ4n) is 3.39. The summed E-state index contributed by atoms with van der Waals surface area (Å²) >= 11 is 0. The van der Waals surface area contributed by atoms with Gasteiger partial charge in [0.2, 0.25) is 0 Å². The average Bonchev–Trinajstić information content (AvgIpc) is 2.75. The second-order valence-corrected chi connectivity index (χ2v) is 8.69. The quantitative estimate of drug-likeness (QED) is 0.462. The van der Waals surface area contributed by atoms with Gasteiger partial charge in [-0.1, -0.05) is 33.8 Å². The maximum absolute atomic E-state index is 13.2. The van der Waals surface area contributed by atoms with Gasteiger partial charge in [0.15, 0.2) is 17.2 Å². The first-order chi connectivity index (χ1) is 16.4. The Labute approximate surface area is 202 Å². The van der Waals surface area contributed by atoms with Crippen LogP contribution in [-0.4, -0.2) is 35.2 Å². The van der Waals surface area contributed by atoms with E-state index >= 15 is 0 Å². The molecule has 9 nitrogen and oxygen atoms in total. The third-order valence-corrected chi connectivity index (χ3v) is 4.75. The lowest BCUT2D eigenvalue weighted by molar-refractivity contribution is -0.114. The minimum absolute atomic E-state index is 0.0213. The highest BCUT2D eigenvalue weighted by Gasteiger charge is 2.24. The highest BCUT2D eigenvalue weighted by molar-refractivity contribution is 6.05.